The van der Waals surface area contributed by atoms with Gasteiger partial charge in [0.25, 0.3) is 10.2 Å². The van der Waals surface area contributed by atoms with Gasteiger partial charge in [-0.05, 0) is 29.7 Å². The molecular formula is C21H22ClFN4O4S. The van der Waals surface area contributed by atoms with Crippen molar-refractivity contribution in [3.05, 3.63) is 65.7 Å². The van der Waals surface area contributed by atoms with Crippen molar-refractivity contribution in [2.75, 3.05) is 6.54 Å². The molecule has 2 aromatic carbocycles. The van der Waals surface area contributed by atoms with Crippen molar-refractivity contribution >= 4 is 39.6 Å². The number of rotatable bonds is 5. The van der Waals surface area contributed by atoms with Gasteiger partial charge < -0.3 is 9.67 Å². The highest BCUT2D eigenvalue weighted by Gasteiger charge is 2.70. The van der Waals surface area contributed by atoms with E-state index in [4.69, 9.17) is 0 Å². The Bertz CT molecular complexity index is 1300. The maximum atomic E-state index is 13.6. The molecule has 1 fully saturated rings. The minimum absolute atomic E-state index is 0. The summed E-state index contributed by atoms with van der Waals surface area (Å²) in [6.07, 6.45) is 0. The lowest BCUT2D eigenvalue weighted by molar-refractivity contribution is -0.140. The van der Waals surface area contributed by atoms with Gasteiger partial charge in [-0.15, -0.1) is 12.4 Å². The zero-order chi connectivity index (χ0) is 22.0. The van der Waals surface area contributed by atoms with Crippen molar-refractivity contribution < 1.29 is 22.7 Å². The first-order valence-corrected chi connectivity index (χ1v) is 11.4. The van der Waals surface area contributed by atoms with Crippen LogP contribution in [0.3, 0.4) is 0 Å². The summed E-state index contributed by atoms with van der Waals surface area (Å²) in [4.78, 5) is 16.6. The fourth-order valence-corrected chi connectivity index (χ4v) is 6.31. The third-order valence-electron chi connectivity index (χ3n) is 6.43. The van der Waals surface area contributed by atoms with E-state index in [0.29, 0.717) is 23.4 Å². The number of halogens is 2. The predicted octanol–water partition coefficient (Wildman–Crippen LogP) is 2.50. The lowest BCUT2D eigenvalue weighted by atomic mass is 10.1. The predicted molar refractivity (Wildman–Crippen MR) is 118 cm³/mol. The smallest absolute Gasteiger partial charge is 0.325 e. The third kappa shape index (κ3) is 3.38. The molecule has 3 aromatic rings. The number of carboxylic acids is 1. The topological polar surface area (TPSA) is 105 Å². The highest BCUT2D eigenvalue weighted by Crippen LogP contribution is 2.58. The molecule has 2 aliphatic rings. The zero-order valence-electron chi connectivity index (χ0n) is 17.1. The van der Waals surface area contributed by atoms with Crippen LogP contribution in [-0.2, 0) is 28.1 Å². The molecule has 8 nitrogen and oxygen atoms in total. The van der Waals surface area contributed by atoms with Crippen LogP contribution in [0.2, 0.25) is 0 Å². The number of carboxylic acid groups (broad SMARTS) is 1. The maximum Gasteiger partial charge on any atom is 0.325 e. The summed E-state index contributed by atoms with van der Waals surface area (Å²) in [5, 5.41) is 9.95. The lowest BCUT2D eigenvalue weighted by Crippen LogP contribution is -2.53. The minimum atomic E-state index is -4.11. The number of aliphatic carboxylic acids is 1. The minimum Gasteiger partial charge on any atom is -0.480 e. The Labute approximate surface area is 190 Å². The number of nitrogens with one attached hydrogen (secondary N) is 1. The number of nitrogens with zero attached hydrogens (tertiary/aromatic N) is 3. The van der Waals surface area contributed by atoms with Crippen LogP contribution in [0.5, 0.6) is 0 Å². The van der Waals surface area contributed by atoms with Crippen LogP contribution in [0, 0.1) is 11.7 Å². The molecule has 2 N–H and O–H groups in total. The molecule has 2 heterocycles. The van der Waals surface area contributed by atoms with Gasteiger partial charge in [0.05, 0.1) is 17.6 Å². The quantitative estimate of drug-likeness (QED) is 0.584. The van der Waals surface area contributed by atoms with E-state index in [9.17, 15) is 22.7 Å². The Balaban J connectivity index is 0.00000245. The largest absolute Gasteiger partial charge is 0.480 e. The lowest BCUT2D eigenvalue weighted by Gasteiger charge is -2.29. The Hall–Kier alpha value is -2.53. The number of fused-ring (bicyclic) bond motifs is 3. The first-order valence-electron chi connectivity index (χ1n) is 9.96. The molecular weight excluding hydrogens is 459 g/mol. The molecule has 0 spiro atoms. The van der Waals surface area contributed by atoms with Gasteiger partial charge in [-0.3, -0.25) is 4.79 Å². The van der Waals surface area contributed by atoms with Crippen molar-refractivity contribution in [1.82, 2.24) is 18.6 Å². The van der Waals surface area contributed by atoms with Crippen LogP contribution in [0.1, 0.15) is 24.2 Å². The summed E-state index contributed by atoms with van der Waals surface area (Å²) in [7, 11) is -4.11. The highest BCUT2D eigenvalue weighted by molar-refractivity contribution is 7.87. The molecule has 0 amide bonds. The molecule has 3 atom stereocenters. The number of hydrogen-bond acceptors (Lipinski definition) is 4. The Kier molecular flexibility index (Phi) is 5.52. The van der Waals surface area contributed by atoms with Crippen LogP contribution < -0.4 is 4.72 Å². The molecule has 1 saturated carbocycles. The Morgan fingerprint density at radius 2 is 1.94 bits per heavy atom. The average molecular weight is 481 g/mol. The highest BCUT2D eigenvalue weighted by atomic mass is 35.5. The fourth-order valence-electron chi connectivity index (χ4n) is 4.75. The summed E-state index contributed by atoms with van der Waals surface area (Å²) in [5.41, 5.74) is 0.385. The van der Waals surface area contributed by atoms with Gasteiger partial charge in [-0.25, -0.2) is 9.37 Å². The second-order valence-electron chi connectivity index (χ2n) is 8.10. The van der Waals surface area contributed by atoms with E-state index in [1.54, 1.807) is 29.7 Å². The van der Waals surface area contributed by atoms with Gasteiger partial charge in [-0.2, -0.15) is 17.4 Å². The number of benzene rings is 2. The van der Waals surface area contributed by atoms with Crippen LogP contribution in [-0.4, -0.2) is 45.4 Å². The molecule has 170 valence electrons. The van der Waals surface area contributed by atoms with Crippen LogP contribution in [0.25, 0.3) is 11.0 Å². The van der Waals surface area contributed by atoms with E-state index in [-0.39, 0.29) is 31.3 Å². The van der Waals surface area contributed by atoms with Crippen molar-refractivity contribution in [3.63, 3.8) is 0 Å². The first kappa shape index (κ1) is 22.7. The number of imidazole rings is 1. The molecule has 0 radical (unpaired) electrons. The maximum absolute atomic E-state index is 13.6. The van der Waals surface area contributed by atoms with Crippen molar-refractivity contribution in [2.24, 2.45) is 5.92 Å². The molecule has 11 heteroatoms. The molecule has 1 aliphatic heterocycles. The summed E-state index contributed by atoms with van der Waals surface area (Å²) >= 11 is 0. The van der Waals surface area contributed by atoms with Gasteiger partial charge in [0, 0.05) is 19.0 Å². The summed E-state index contributed by atoms with van der Waals surface area (Å²) in [6, 6.07) is 13.3. The summed E-state index contributed by atoms with van der Waals surface area (Å²) in [5.74, 6) is -1.95. The van der Waals surface area contributed by atoms with Crippen LogP contribution >= 0.6 is 12.4 Å². The van der Waals surface area contributed by atoms with Crippen LogP contribution in [0.15, 0.2) is 48.5 Å². The average Bonchev–Trinajstić information content (AvgIpc) is 3.16. The zero-order valence-corrected chi connectivity index (χ0v) is 18.7. The van der Waals surface area contributed by atoms with E-state index in [2.05, 4.69) is 9.71 Å². The van der Waals surface area contributed by atoms with Crippen LogP contribution in [0.4, 0.5) is 4.39 Å². The van der Waals surface area contributed by atoms with Crippen molar-refractivity contribution in [3.8, 4) is 0 Å². The van der Waals surface area contributed by atoms with Gasteiger partial charge in [-0.1, -0.05) is 37.3 Å². The fraction of sp³-hybridized carbons (Fsp3) is 0.333. The van der Waals surface area contributed by atoms with E-state index in [1.807, 2.05) is 18.2 Å². The number of aromatic nitrogens is 2. The van der Waals surface area contributed by atoms with Gasteiger partial charge in [0.15, 0.2) is 0 Å². The summed E-state index contributed by atoms with van der Waals surface area (Å²) < 4.78 is 45.5. The van der Waals surface area contributed by atoms with E-state index < -0.39 is 33.6 Å². The Morgan fingerprint density at radius 3 is 2.62 bits per heavy atom. The Morgan fingerprint density at radius 1 is 1.22 bits per heavy atom. The number of hydrogen-bond donors (Lipinski definition) is 2. The molecule has 0 bridgehead atoms. The molecule has 1 aromatic heterocycles. The molecule has 32 heavy (non-hydrogen) atoms. The first-order chi connectivity index (χ1) is 14.7. The standard InChI is InChI=1S/C21H21FN4O4S.ClH/c1-13-19(14-5-3-2-4-6-14)21(13,20(27)28)24-31(29,30)25-9-10-26-17-11-15(22)7-8-16(17)23-18(26)12-25;/h2-8,11,13,19,24H,9-10,12H2,1H3,(H,27,28);1H/t13-,19-,21+;/m1./s1. The van der Waals surface area contributed by atoms with E-state index >= 15 is 0 Å². The van der Waals surface area contributed by atoms with Crippen molar-refractivity contribution in [2.45, 2.75) is 31.5 Å². The van der Waals surface area contributed by atoms with Gasteiger partial charge >= 0.3 is 5.97 Å². The molecule has 1 aliphatic carbocycles. The van der Waals surface area contributed by atoms with Gasteiger partial charge in [0.2, 0.25) is 0 Å². The summed E-state index contributed by atoms with van der Waals surface area (Å²) in [6.45, 7) is 2.14. The molecule has 0 unspecified atom stereocenters. The number of carbonyl (C=O) groups is 1. The SMILES string of the molecule is C[C@@H]1[C@H](c2ccccc2)[C@]1(NS(=O)(=O)N1CCn2c(nc3ccc(F)cc32)C1)C(=O)O.Cl. The van der Waals surface area contributed by atoms with Gasteiger partial charge in [0.1, 0.15) is 17.2 Å². The van der Waals surface area contributed by atoms with Crippen molar-refractivity contribution in [1.29, 1.82) is 0 Å². The molecule has 0 saturated heterocycles. The second-order valence-corrected chi connectivity index (χ2v) is 9.78. The normalized spacial score (nSPS) is 25.2. The third-order valence-corrected chi connectivity index (χ3v) is 8.02. The van der Waals surface area contributed by atoms with E-state index in [1.165, 1.54) is 16.4 Å². The monoisotopic (exact) mass is 480 g/mol. The van der Waals surface area contributed by atoms with E-state index in [0.717, 1.165) is 5.56 Å². The second kappa shape index (κ2) is 7.80. The molecule has 5 rings (SSSR count).